The Balaban J connectivity index is 1.96. The van der Waals surface area contributed by atoms with Crippen molar-refractivity contribution in [3.8, 4) is 0 Å². The standard InChI is InChI=1S/C24H30O3/c1-2-3-5-9-19-14-16-21(17-15-19)24(27)22-12-8-11-20(18-22)10-6-4-7-13-23(25)26/h6,8,10-12,14-18,24,27H,2-5,7,9,13H2,1H3,(H,25,26)/b10-6-. The molecular formula is C24H30O3. The van der Waals surface area contributed by atoms with Crippen molar-refractivity contribution in [3.05, 3.63) is 76.9 Å². The predicted molar refractivity (Wildman–Crippen MR) is 111 cm³/mol. The van der Waals surface area contributed by atoms with Gasteiger partial charge >= 0.3 is 5.97 Å². The van der Waals surface area contributed by atoms with E-state index in [9.17, 15) is 9.90 Å². The first kappa shape index (κ1) is 20.9. The van der Waals surface area contributed by atoms with Crippen LogP contribution in [0.5, 0.6) is 0 Å². The second kappa shape index (κ2) is 11.3. The van der Waals surface area contributed by atoms with Crippen molar-refractivity contribution in [2.75, 3.05) is 0 Å². The summed E-state index contributed by atoms with van der Waals surface area (Å²) in [4.78, 5) is 10.5. The van der Waals surface area contributed by atoms with Gasteiger partial charge in [0.05, 0.1) is 0 Å². The monoisotopic (exact) mass is 366 g/mol. The van der Waals surface area contributed by atoms with Gasteiger partial charge in [0.1, 0.15) is 6.10 Å². The Hall–Kier alpha value is -2.39. The number of hydrogen-bond acceptors (Lipinski definition) is 2. The Morgan fingerprint density at radius 1 is 1.04 bits per heavy atom. The molecule has 144 valence electrons. The highest BCUT2D eigenvalue weighted by molar-refractivity contribution is 5.66. The van der Waals surface area contributed by atoms with E-state index in [1.54, 1.807) is 0 Å². The Labute approximate surface area is 162 Å². The first-order valence-corrected chi connectivity index (χ1v) is 9.85. The average Bonchev–Trinajstić information content (AvgIpc) is 2.68. The van der Waals surface area contributed by atoms with E-state index >= 15 is 0 Å². The highest BCUT2D eigenvalue weighted by atomic mass is 16.4. The summed E-state index contributed by atoms with van der Waals surface area (Å²) in [7, 11) is 0. The van der Waals surface area contributed by atoms with E-state index < -0.39 is 12.1 Å². The van der Waals surface area contributed by atoms with Crippen molar-refractivity contribution >= 4 is 12.0 Å². The van der Waals surface area contributed by atoms with E-state index in [0.29, 0.717) is 6.42 Å². The summed E-state index contributed by atoms with van der Waals surface area (Å²) >= 11 is 0. The lowest BCUT2D eigenvalue weighted by atomic mass is 9.97. The molecule has 2 rings (SSSR count). The number of aliphatic hydroxyl groups excluding tert-OH is 1. The van der Waals surface area contributed by atoms with Gasteiger partial charge in [-0.2, -0.15) is 0 Å². The zero-order valence-corrected chi connectivity index (χ0v) is 16.1. The average molecular weight is 367 g/mol. The lowest BCUT2D eigenvalue weighted by molar-refractivity contribution is -0.137. The van der Waals surface area contributed by atoms with E-state index in [0.717, 1.165) is 29.5 Å². The normalized spacial score (nSPS) is 12.4. The molecule has 0 heterocycles. The fourth-order valence-electron chi connectivity index (χ4n) is 3.06. The molecule has 3 heteroatoms. The van der Waals surface area contributed by atoms with Crippen LogP contribution in [0.15, 0.2) is 54.6 Å². The fraction of sp³-hybridized carbons (Fsp3) is 0.375. The summed E-state index contributed by atoms with van der Waals surface area (Å²) in [6, 6.07) is 16.1. The maximum absolute atomic E-state index is 10.7. The molecule has 0 fully saturated rings. The molecule has 0 spiro atoms. The molecule has 0 aliphatic heterocycles. The van der Waals surface area contributed by atoms with E-state index in [4.69, 9.17) is 5.11 Å². The zero-order chi connectivity index (χ0) is 19.5. The Morgan fingerprint density at radius 3 is 2.52 bits per heavy atom. The number of aryl methyl sites for hydroxylation is 1. The van der Waals surface area contributed by atoms with Crippen molar-refractivity contribution in [2.24, 2.45) is 0 Å². The number of carbonyl (C=O) groups is 1. The molecule has 0 bridgehead atoms. The van der Waals surface area contributed by atoms with E-state index in [1.165, 1.54) is 24.8 Å². The van der Waals surface area contributed by atoms with E-state index in [2.05, 4.69) is 19.1 Å². The molecule has 2 aromatic carbocycles. The van der Waals surface area contributed by atoms with Crippen LogP contribution in [-0.2, 0) is 11.2 Å². The highest BCUT2D eigenvalue weighted by Gasteiger charge is 2.10. The molecule has 0 aliphatic carbocycles. The lowest BCUT2D eigenvalue weighted by Gasteiger charge is -2.13. The molecular weight excluding hydrogens is 336 g/mol. The first-order chi connectivity index (χ1) is 13.1. The zero-order valence-electron chi connectivity index (χ0n) is 16.1. The molecule has 3 nitrogen and oxygen atoms in total. The fourth-order valence-corrected chi connectivity index (χ4v) is 3.06. The minimum atomic E-state index is -0.759. The predicted octanol–water partition coefficient (Wildman–Crippen LogP) is 5.77. The van der Waals surface area contributed by atoms with Crippen LogP contribution in [0, 0.1) is 0 Å². The van der Waals surface area contributed by atoms with Crippen LogP contribution in [0.1, 0.15) is 73.8 Å². The molecule has 1 atom stereocenters. The van der Waals surface area contributed by atoms with Crippen LogP contribution in [0.2, 0.25) is 0 Å². The van der Waals surface area contributed by atoms with E-state index in [-0.39, 0.29) is 6.42 Å². The van der Waals surface area contributed by atoms with Gasteiger partial charge in [0.25, 0.3) is 0 Å². The largest absolute Gasteiger partial charge is 0.481 e. The molecule has 0 saturated carbocycles. The first-order valence-electron chi connectivity index (χ1n) is 9.85. The third-order valence-corrected chi connectivity index (χ3v) is 4.66. The maximum Gasteiger partial charge on any atom is 0.303 e. The number of rotatable bonds is 11. The third kappa shape index (κ3) is 7.40. The Morgan fingerprint density at radius 2 is 1.81 bits per heavy atom. The quantitative estimate of drug-likeness (QED) is 0.496. The van der Waals surface area contributed by atoms with Gasteiger partial charge < -0.3 is 10.2 Å². The Kier molecular flexibility index (Phi) is 8.79. The van der Waals surface area contributed by atoms with Crippen molar-refractivity contribution in [1.82, 2.24) is 0 Å². The number of carboxylic acids is 1. The van der Waals surface area contributed by atoms with Crippen molar-refractivity contribution < 1.29 is 15.0 Å². The van der Waals surface area contributed by atoms with Gasteiger partial charge in [0, 0.05) is 6.42 Å². The SMILES string of the molecule is CCCCCc1ccc(C(O)c2cccc(/C=C\CCCC(=O)O)c2)cc1. The van der Waals surface area contributed by atoms with Gasteiger partial charge in [0.2, 0.25) is 0 Å². The summed E-state index contributed by atoms with van der Waals surface area (Å²) in [5.74, 6) is -0.759. The van der Waals surface area contributed by atoms with Crippen molar-refractivity contribution in [3.63, 3.8) is 0 Å². The molecule has 0 aliphatic rings. The number of hydrogen-bond donors (Lipinski definition) is 2. The number of aliphatic hydroxyl groups is 1. The van der Waals surface area contributed by atoms with Crippen LogP contribution >= 0.6 is 0 Å². The highest BCUT2D eigenvalue weighted by Crippen LogP contribution is 2.24. The smallest absolute Gasteiger partial charge is 0.303 e. The van der Waals surface area contributed by atoms with Gasteiger partial charge in [-0.3, -0.25) is 4.79 Å². The molecule has 1 unspecified atom stereocenters. The summed E-state index contributed by atoms with van der Waals surface area (Å²) in [6.45, 7) is 2.21. The van der Waals surface area contributed by atoms with Crippen molar-refractivity contribution in [1.29, 1.82) is 0 Å². The minimum Gasteiger partial charge on any atom is -0.481 e. The van der Waals surface area contributed by atoms with Crippen LogP contribution in [-0.4, -0.2) is 16.2 Å². The molecule has 2 aromatic rings. The van der Waals surface area contributed by atoms with Crippen LogP contribution in [0.25, 0.3) is 6.08 Å². The van der Waals surface area contributed by atoms with Gasteiger partial charge in [-0.05, 0) is 54.0 Å². The summed E-state index contributed by atoms with van der Waals surface area (Å²) in [5, 5.41) is 19.4. The van der Waals surface area contributed by atoms with Gasteiger partial charge in [-0.1, -0.05) is 74.4 Å². The van der Waals surface area contributed by atoms with Crippen LogP contribution in [0.4, 0.5) is 0 Å². The number of benzene rings is 2. The summed E-state index contributed by atoms with van der Waals surface area (Å²) in [6.07, 6.45) is 9.66. The van der Waals surface area contributed by atoms with Gasteiger partial charge in [-0.15, -0.1) is 0 Å². The van der Waals surface area contributed by atoms with Crippen molar-refractivity contribution in [2.45, 2.75) is 58.0 Å². The topological polar surface area (TPSA) is 57.5 Å². The van der Waals surface area contributed by atoms with Crippen LogP contribution < -0.4 is 0 Å². The number of carboxylic acid groups (broad SMARTS) is 1. The summed E-state index contributed by atoms with van der Waals surface area (Å²) in [5.41, 5.74) is 4.09. The molecule has 0 amide bonds. The summed E-state index contributed by atoms with van der Waals surface area (Å²) < 4.78 is 0. The minimum absolute atomic E-state index is 0.192. The molecule has 0 saturated heterocycles. The molecule has 0 radical (unpaired) electrons. The maximum atomic E-state index is 10.7. The molecule has 2 N–H and O–H groups in total. The Bertz CT molecular complexity index is 732. The third-order valence-electron chi connectivity index (χ3n) is 4.66. The second-order valence-corrected chi connectivity index (χ2v) is 6.96. The van der Waals surface area contributed by atoms with E-state index in [1.807, 2.05) is 48.6 Å². The molecule has 0 aromatic heterocycles. The second-order valence-electron chi connectivity index (χ2n) is 6.96. The number of aliphatic carboxylic acids is 1. The van der Waals surface area contributed by atoms with Gasteiger partial charge in [0.15, 0.2) is 0 Å². The number of unbranched alkanes of at least 4 members (excludes halogenated alkanes) is 3. The van der Waals surface area contributed by atoms with Crippen LogP contribution in [0.3, 0.4) is 0 Å². The molecule has 27 heavy (non-hydrogen) atoms. The van der Waals surface area contributed by atoms with Gasteiger partial charge in [-0.25, -0.2) is 0 Å². The number of allylic oxidation sites excluding steroid dienone is 1. The lowest BCUT2D eigenvalue weighted by Crippen LogP contribution is -2.00.